The zero-order valence-electron chi connectivity index (χ0n) is 19.1. The highest BCUT2D eigenvalue weighted by Gasteiger charge is 2.29. The van der Waals surface area contributed by atoms with Gasteiger partial charge in [-0.05, 0) is 60.7 Å². The van der Waals surface area contributed by atoms with Gasteiger partial charge in [0.15, 0.2) is 0 Å². The lowest BCUT2D eigenvalue weighted by Gasteiger charge is -2.06. The van der Waals surface area contributed by atoms with E-state index in [0.717, 1.165) is 37.0 Å². The lowest BCUT2D eigenvalue weighted by molar-refractivity contribution is -0.137. The molecule has 0 radical (unpaired) electrons. The molecule has 0 bridgehead atoms. The summed E-state index contributed by atoms with van der Waals surface area (Å²) in [5.74, 6) is 0.879. The van der Waals surface area contributed by atoms with Crippen molar-refractivity contribution in [2.75, 3.05) is 13.2 Å². The van der Waals surface area contributed by atoms with Crippen LogP contribution in [-0.2, 0) is 24.0 Å². The Morgan fingerprint density at radius 1 is 1.06 bits per heavy atom. The summed E-state index contributed by atoms with van der Waals surface area (Å²) >= 11 is 0. The van der Waals surface area contributed by atoms with Crippen molar-refractivity contribution < 1.29 is 32.2 Å². The van der Waals surface area contributed by atoms with E-state index in [0.29, 0.717) is 29.4 Å². The van der Waals surface area contributed by atoms with Gasteiger partial charge in [0.1, 0.15) is 24.3 Å². The molecule has 0 saturated carbocycles. The standard InChI is InChI=1S/C26H27F3N2O4/c27-26(28,29)21-9-4-20(5-10-21)8-13-25-31-22(18-35-25)17-34-23-11-6-19(7-12-23)3-1-2-15-30-24(33)14-16-32/h4-13,18,32H,1-3,14-17H2,(H,30,33). The number of amides is 1. The Kier molecular flexibility index (Phi) is 9.48. The second-order valence-corrected chi connectivity index (χ2v) is 7.84. The number of aliphatic hydroxyl groups is 1. The van der Waals surface area contributed by atoms with E-state index in [-0.39, 0.29) is 25.5 Å². The van der Waals surface area contributed by atoms with Crippen LogP contribution in [0.2, 0.25) is 0 Å². The Hall–Kier alpha value is -3.59. The molecule has 9 heteroatoms. The molecule has 1 aromatic heterocycles. The van der Waals surface area contributed by atoms with Gasteiger partial charge in [0.25, 0.3) is 0 Å². The molecule has 0 aliphatic heterocycles. The second-order valence-electron chi connectivity index (χ2n) is 7.84. The van der Waals surface area contributed by atoms with Gasteiger partial charge in [0.2, 0.25) is 11.8 Å². The zero-order valence-corrected chi connectivity index (χ0v) is 19.1. The summed E-state index contributed by atoms with van der Waals surface area (Å²) in [6, 6.07) is 12.6. The summed E-state index contributed by atoms with van der Waals surface area (Å²) in [6.07, 6.45) is 3.13. The van der Waals surface area contributed by atoms with Crippen LogP contribution in [-0.4, -0.2) is 29.1 Å². The molecule has 0 spiro atoms. The third-order valence-electron chi connectivity index (χ3n) is 5.09. The fourth-order valence-corrected chi connectivity index (χ4v) is 3.20. The number of unbranched alkanes of at least 4 members (excludes halogenated alkanes) is 1. The first-order valence-electron chi connectivity index (χ1n) is 11.2. The molecule has 1 amide bonds. The molecule has 0 unspecified atom stereocenters. The second kappa shape index (κ2) is 12.8. The van der Waals surface area contributed by atoms with Crippen LogP contribution in [0.3, 0.4) is 0 Å². The summed E-state index contributed by atoms with van der Waals surface area (Å²) in [4.78, 5) is 15.6. The third kappa shape index (κ3) is 8.94. The van der Waals surface area contributed by atoms with Crippen molar-refractivity contribution in [2.45, 2.75) is 38.5 Å². The van der Waals surface area contributed by atoms with Gasteiger partial charge in [0.05, 0.1) is 12.2 Å². The topological polar surface area (TPSA) is 84.6 Å². The number of alkyl halides is 3. The molecular formula is C26H27F3N2O4. The van der Waals surface area contributed by atoms with Gasteiger partial charge >= 0.3 is 6.18 Å². The van der Waals surface area contributed by atoms with Crippen LogP contribution in [0.15, 0.2) is 59.2 Å². The summed E-state index contributed by atoms with van der Waals surface area (Å²) in [6.45, 7) is 0.671. The number of hydrogen-bond donors (Lipinski definition) is 2. The van der Waals surface area contributed by atoms with E-state index in [9.17, 15) is 18.0 Å². The van der Waals surface area contributed by atoms with Crippen LogP contribution >= 0.6 is 0 Å². The molecule has 0 aliphatic carbocycles. The van der Waals surface area contributed by atoms with E-state index >= 15 is 0 Å². The predicted molar refractivity (Wildman–Crippen MR) is 125 cm³/mol. The molecule has 0 fully saturated rings. The average Bonchev–Trinajstić information content (AvgIpc) is 3.30. The van der Waals surface area contributed by atoms with Gasteiger partial charge in [0, 0.05) is 19.0 Å². The molecule has 6 nitrogen and oxygen atoms in total. The molecule has 2 N–H and O–H groups in total. The van der Waals surface area contributed by atoms with E-state index in [1.54, 1.807) is 12.2 Å². The van der Waals surface area contributed by atoms with Crippen molar-refractivity contribution >= 4 is 18.1 Å². The molecule has 0 atom stereocenters. The van der Waals surface area contributed by atoms with Crippen molar-refractivity contribution in [2.24, 2.45) is 0 Å². The molecular weight excluding hydrogens is 461 g/mol. The Balaban J connectivity index is 1.40. The highest BCUT2D eigenvalue weighted by atomic mass is 19.4. The fraction of sp³-hybridized carbons (Fsp3) is 0.308. The quantitative estimate of drug-likeness (QED) is 0.340. The lowest BCUT2D eigenvalue weighted by atomic mass is 10.1. The minimum atomic E-state index is -4.36. The summed E-state index contributed by atoms with van der Waals surface area (Å²) in [5, 5.41) is 11.5. The summed E-state index contributed by atoms with van der Waals surface area (Å²) in [5.41, 5.74) is 1.65. The van der Waals surface area contributed by atoms with Crippen molar-refractivity contribution in [1.82, 2.24) is 10.3 Å². The third-order valence-corrected chi connectivity index (χ3v) is 5.09. The SMILES string of the molecule is O=C(CCO)NCCCCc1ccc(OCc2coc(C=Cc3ccc(C(F)(F)F)cc3)n2)cc1. The molecule has 3 rings (SSSR count). The molecule has 1 heterocycles. The van der Waals surface area contributed by atoms with Crippen molar-refractivity contribution in [3.63, 3.8) is 0 Å². The van der Waals surface area contributed by atoms with E-state index in [1.165, 1.54) is 18.4 Å². The highest BCUT2D eigenvalue weighted by Crippen LogP contribution is 2.29. The first-order valence-corrected chi connectivity index (χ1v) is 11.2. The maximum atomic E-state index is 12.6. The van der Waals surface area contributed by atoms with Crippen molar-refractivity contribution in [3.05, 3.63) is 83.1 Å². The molecule has 0 aliphatic rings. The van der Waals surface area contributed by atoms with Gasteiger partial charge in [-0.3, -0.25) is 4.79 Å². The lowest BCUT2D eigenvalue weighted by Crippen LogP contribution is -2.24. The molecule has 2 aromatic carbocycles. The number of halogens is 3. The fourth-order valence-electron chi connectivity index (χ4n) is 3.20. The molecule has 3 aromatic rings. The zero-order chi connectivity index (χ0) is 25.1. The number of nitrogens with zero attached hydrogens (tertiary/aromatic N) is 1. The number of carbonyl (C=O) groups is 1. The predicted octanol–water partition coefficient (Wildman–Crippen LogP) is 5.26. The van der Waals surface area contributed by atoms with Crippen LogP contribution in [0.4, 0.5) is 13.2 Å². The van der Waals surface area contributed by atoms with Crippen LogP contribution < -0.4 is 10.1 Å². The number of carbonyl (C=O) groups excluding carboxylic acids is 1. The Morgan fingerprint density at radius 2 is 1.80 bits per heavy atom. The first-order chi connectivity index (χ1) is 16.8. The summed E-state index contributed by atoms with van der Waals surface area (Å²) in [7, 11) is 0. The van der Waals surface area contributed by atoms with Gasteiger partial charge < -0.3 is 19.6 Å². The number of rotatable bonds is 12. The maximum Gasteiger partial charge on any atom is 0.416 e. The van der Waals surface area contributed by atoms with Crippen LogP contribution in [0.1, 0.15) is 47.5 Å². The number of benzene rings is 2. The van der Waals surface area contributed by atoms with E-state index in [2.05, 4.69) is 10.3 Å². The molecule has 186 valence electrons. The summed E-state index contributed by atoms with van der Waals surface area (Å²) < 4.78 is 49.0. The van der Waals surface area contributed by atoms with E-state index < -0.39 is 11.7 Å². The molecule has 35 heavy (non-hydrogen) atoms. The number of oxazole rings is 1. The average molecular weight is 489 g/mol. The van der Waals surface area contributed by atoms with Crippen LogP contribution in [0.25, 0.3) is 12.2 Å². The minimum absolute atomic E-state index is 0.135. The monoisotopic (exact) mass is 488 g/mol. The highest BCUT2D eigenvalue weighted by molar-refractivity contribution is 5.75. The van der Waals surface area contributed by atoms with Crippen LogP contribution in [0, 0.1) is 0 Å². The Morgan fingerprint density at radius 3 is 2.49 bits per heavy atom. The normalized spacial score (nSPS) is 11.7. The van der Waals surface area contributed by atoms with Gasteiger partial charge in [-0.25, -0.2) is 4.98 Å². The van der Waals surface area contributed by atoms with E-state index in [4.69, 9.17) is 14.3 Å². The minimum Gasteiger partial charge on any atom is -0.487 e. The Bertz CT molecular complexity index is 1090. The number of aromatic nitrogens is 1. The van der Waals surface area contributed by atoms with Crippen LogP contribution in [0.5, 0.6) is 5.75 Å². The molecule has 0 saturated heterocycles. The number of nitrogens with one attached hydrogen (secondary N) is 1. The number of aliphatic hydroxyl groups excluding tert-OH is 1. The van der Waals surface area contributed by atoms with Gasteiger partial charge in [-0.15, -0.1) is 0 Å². The van der Waals surface area contributed by atoms with Crippen molar-refractivity contribution in [3.8, 4) is 5.75 Å². The van der Waals surface area contributed by atoms with Crippen molar-refractivity contribution in [1.29, 1.82) is 0 Å². The number of aryl methyl sites for hydroxylation is 1. The first kappa shape index (κ1) is 26.0. The Labute approximate surface area is 201 Å². The van der Waals surface area contributed by atoms with Gasteiger partial charge in [-0.2, -0.15) is 13.2 Å². The van der Waals surface area contributed by atoms with Gasteiger partial charge in [-0.1, -0.05) is 24.3 Å². The smallest absolute Gasteiger partial charge is 0.416 e. The van der Waals surface area contributed by atoms with E-state index in [1.807, 2.05) is 24.3 Å². The maximum absolute atomic E-state index is 12.6. The number of hydrogen-bond acceptors (Lipinski definition) is 5. The number of ether oxygens (including phenoxy) is 1. The largest absolute Gasteiger partial charge is 0.487 e.